The Morgan fingerprint density at radius 2 is 1.85 bits per heavy atom. The predicted octanol–water partition coefficient (Wildman–Crippen LogP) is 4.18. The molecule has 0 amide bonds. The fourth-order valence-corrected chi connectivity index (χ4v) is 2.98. The first kappa shape index (κ1) is 15.9. The number of nitrogens with zero attached hydrogens (tertiary/aromatic N) is 4. The number of fused-ring (bicyclic) bond motifs is 1. The minimum atomic E-state index is 0.230. The van der Waals surface area contributed by atoms with E-state index in [4.69, 9.17) is 4.74 Å². The van der Waals surface area contributed by atoms with Crippen LogP contribution in [0.4, 0.5) is 0 Å². The predicted molar refractivity (Wildman–Crippen MR) is 99.1 cm³/mol. The Labute approximate surface area is 151 Å². The van der Waals surface area contributed by atoms with Crippen LogP contribution in [0.15, 0.2) is 66.9 Å². The second-order valence-electron chi connectivity index (χ2n) is 5.89. The molecule has 0 fully saturated rings. The average molecular weight is 340 g/mol. The summed E-state index contributed by atoms with van der Waals surface area (Å²) < 4.78 is 7.82. The van der Waals surface area contributed by atoms with E-state index in [9.17, 15) is 5.26 Å². The molecule has 0 bridgehead atoms. The van der Waals surface area contributed by atoms with E-state index in [0.29, 0.717) is 17.0 Å². The van der Waals surface area contributed by atoms with Crippen LogP contribution in [0, 0.1) is 18.3 Å². The number of hydrogen-bond acceptors (Lipinski definition) is 4. The highest BCUT2D eigenvalue weighted by Crippen LogP contribution is 2.25. The maximum Gasteiger partial charge on any atom is 0.146 e. The molecule has 0 aliphatic heterocycles. The van der Waals surface area contributed by atoms with Crippen LogP contribution in [0.2, 0.25) is 0 Å². The molecule has 0 aliphatic carbocycles. The van der Waals surface area contributed by atoms with E-state index in [-0.39, 0.29) is 6.61 Å². The Kier molecular flexibility index (Phi) is 4.08. The fourth-order valence-electron chi connectivity index (χ4n) is 2.98. The van der Waals surface area contributed by atoms with Crippen molar-refractivity contribution in [1.29, 1.82) is 5.26 Å². The number of para-hydroxylation sites is 2. The Morgan fingerprint density at radius 3 is 2.65 bits per heavy atom. The molecule has 0 N–H and O–H groups in total. The van der Waals surface area contributed by atoms with Crippen LogP contribution in [0.1, 0.15) is 17.0 Å². The van der Waals surface area contributed by atoms with Gasteiger partial charge in [0.2, 0.25) is 0 Å². The van der Waals surface area contributed by atoms with Crippen LogP contribution in [0.5, 0.6) is 5.75 Å². The summed E-state index contributed by atoms with van der Waals surface area (Å²) in [7, 11) is 0. The third kappa shape index (κ3) is 2.78. The molecule has 5 nitrogen and oxygen atoms in total. The third-order valence-corrected chi connectivity index (χ3v) is 4.23. The monoisotopic (exact) mass is 340 g/mol. The van der Waals surface area contributed by atoms with Crippen LogP contribution < -0.4 is 4.74 Å². The molecule has 2 heterocycles. The van der Waals surface area contributed by atoms with Gasteiger partial charge in [-0.15, -0.1) is 0 Å². The van der Waals surface area contributed by atoms with Crippen molar-refractivity contribution in [3.63, 3.8) is 0 Å². The number of rotatable bonds is 4. The summed E-state index contributed by atoms with van der Waals surface area (Å²) in [6.07, 6.45) is 1.74. The molecule has 2 aromatic carbocycles. The average Bonchev–Trinajstić information content (AvgIpc) is 3.02. The number of hydrogen-bond donors (Lipinski definition) is 0. The van der Waals surface area contributed by atoms with Crippen LogP contribution in [-0.2, 0) is 6.61 Å². The van der Waals surface area contributed by atoms with Crippen molar-refractivity contribution in [2.75, 3.05) is 0 Å². The van der Waals surface area contributed by atoms with E-state index >= 15 is 0 Å². The minimum Gasteiger partial charge on any atom is -0.485 e. The number of benzene rings is 2. The quantitative estimate of drug-likeness (QED) is 0.559. The van der Waals surface area contributed by atoms with Gasteiger partial charge in [0.25, 0.3) is 0 Å². The van der Waals surface area contributed by atoms with Crippen molar-refractivity contribution in [2.45, 2.75) is 13.5 Å². The maximum atomic E-state index is 9.56. The van der Waals surface area contributed by atoms with E-state index in [1.54, 1.807) is 10.9 Å². The number of ether oxygens (including phenoxy) is 1. The smallest absolute Gasteiger partial charge is 0.146 e. The molecule has 0 saturated heterocycles. The first-order chi connectivity index (χ1) is 12.8. The lowest BCUT2D eigenvalue weighted by Crippen LogP contribution is -2.07. The standard InChI is InChI=1S/C21H16N4O/c1-15-18(13-22)19(25(24-15)17-9-3-2-4-10-17)14-26-20-11-5-7-16-8-6-12-23-21(16)20/h2-12H,14H2,1H3. The largest absolute Gasteiger partial charge is 0.485 e. The molecule has 2 aromatic heterocycles. The number of nitriles is 1. The first-order valence-electron chi connectivity index (χ1n) is 8.28. The van der Waals surface area contributed by atoms with Crippen molar-refractivity contribution >= 4 is 10.9 Å². The number of aryl methyl sites for hydroxylation is 1. The van der Waals surface area contributed by atoms with Crippen LogP contribution in [0.3, 0.4) is 0 Å². The van der Waals surface area contributed by atoms with Gasteiger partial charge in [-0.1, -0.05) is 36.4 Å². The van der Waals surface area contributed by atoms with Crippen molar-refractivity contribution in [1.82, 2.24) is 14.8 Å². The number of aromatic nitrogens is 3. The second-order valence-corrected chi connectivity index (χ2v) is 5.89. The van der Waals surface area contributed by atoms with Crippen molar-refractivity contribution in [3.8, 4) is 17.5 Å². The van der Waals surface area contributed by atoms with E-state index in [1.165, 1.54) is 0 Å². The molecule has 4 aromatic rings. The maximum absolute atomic E-state index is 9.56. The van der Waals surface area contributed by atoms with Gasteiger partial charge in [-0.3, -0.25) is 4.98 Å². The molecular formula is C21H16N4O. The summed E-state index contributed by atoms with van der Waals surface area (Å²) in [5.41, 5.74) is 3.65. The molecule has 126 valence electrons. The molecule has 0 aliphatic rings. The molecule has 0 atom stereocenters. The zero-order chi connectivity index (χ0) is 17.9. The van der Waals surface area contributed by atoms with Crippen molar-refractivity contribution < 1.29 is 4.74 Å². The zero-order valence-electron chi connectivity index (χ0n) is 14.3. The first-order valence-corrected chi connectivity index (χ1v) is 8.28. The van der Waals surface area contributed by atoms with E-state index in [2.05, 4.69) is 16.2 Å². The Bertz CT molecular complexity index is 1100. The van der Waals surface area contributed by atoms with E-state index in [0.717, 1.165) is 22.3 Å². The molecule has 26 heavy (non-hydrogen) atoms. The van der Waals surface area contributed by atoms with E-state index in [1.807, 2.05) is 67.6 Å². The van der Waals surface area contributed by atoms with Gasteiger partial charge in [0.05, 0.1) is 17.1 Å². The van der Waals surface area contributed by atoms with E-state index < -0.39 is 0 Å². The lowest BCUT2D eigenvalue weighted by atomic mass is 10.2. The van der Waals surface area contributed by atoms with Crippen molar-refractivity contribution in [3.05, 3.63) is 83.8 Å². The van der Waals surface area contributed by atoms with Gasteiger partial charge in [0.15, 0.2) is 0 Å². The topological polar surface area (TPSA) is 63.7 Å². The number of pyridine rings is 1. The normalized spacial score (nSPS) is 10.6. The van der Waals surface area contributed by atoms with Gasteiger partial charge in [-0.2, -0.15) is 10.4 Å². The lowest BCUT2D eigenvalue weighted by Gasteiger charge is -2.11. The van der Waals surface area contributed by atoms with Gasteiger partial charge in [0, 0.05) is 11.6 Å². The molecule has 0 saturated carbocycles. The zero-order valence-corrected chi connectivity index (χ0v) is 14.3. The van der Waals surface area contributed by atoms with Gasteiger partial charge in [-0.05, 0) is 31.2 Å². The molecule has 0 spiro atoms. The molecule has 0 radical (unpaired) electrons. The molecule has 4 rings (SSSR count). The molecular weight excluding hydrogens is 324 g/mol. The molecule has 0 unspecified atom stereocenters. The van der Waals surface area contributed by atoms with Crippen LogP contribution in [0.25, 0.3) is 16.6 Å². The Hall–Kier alpha value is -3.65. The molecule has 5 heteroatoms. The third-order valence-electron chi connectivity index (χ3n) is 4.23. The summed E-state index contributed by atoms with van der Waals surface area (Å²) >= 11 is 0. The summed E-state index contributed by atoms with van der Waals surface area (Å²) in [6, 6.07) is 21.7. The highest BCUT2D eigenvalue weighted by Gasteiger charge is 2.17. The van der Waals surface area contributed by atoms with Gasteiger partial charge in [0.1, 0.15) is 29.5 Å². The summed E-state index contributed by atoms with van der Waals surface area (Å²) in [5, 5.41) is 15.1. The summed E-state index contributed by atoms with van der Waals surface area (Å²) in [6.45, 7) is 2.06. The van der Waals surface area contributed by atoms with Gasteiger partial charge in [-0.25, -0.2) is 4.68 Å². The van der Waals surface area contributed by atoms with Crippen molar-refractivity contribution in [2.24, 2.45) is 0 Å². The van der Waals surface area contributed by atoms with Gasteiger partial charge >= 0.3 is 0 Å². The highest BCUT2D eigenvalue weighted by molar-refractivity contribution is 5.84. The van der Waals surface area contributed by atoms with Crippen LogP contribution >= 0.6 is 0 Å². The SMILES string of the molecule is Cc1nn(-c2ccccc2)c(COc2cccc3cccnc23)c1C#N. The second kappa shape index (κ2) is 6.69. The lowest BCUT2D eigenvalue weighted by molar-refractivity contribution is 0.300. The summed E-state index contributed by atoms with van der Waals surface area (Å²) in [4.78, 5) is 4.41. The highest BCUT2D eigenvalue weighted by atomic mass is 16.5. The Balaban J connectivity index is 1.73. The Morgan fingerprint density at radius 1 is 1.04 bits per heavy atom. The van der Waals surface area contributed by atoms with Crippen LogP contribution in [-0.4, -0.2) is 14.8 Å². The van der Waals surface area contributed by atoms with Gasteiger partial charge < -0.3 is 4.74 Å². The fraction of sp³-hybridized carbons (Fsp3) is 0.0952. The summed E-state index contributed by atoms with van der Waals surface area (Å²) in [5.74, 6) is 0.686. The minimum absolute atomic E-state index is 0.230.